The minimum absolute atomic E-state index is 0.0444. The number of hydrogen-bond donors (Lipinski definition) is 3. The molecule has 0 aliphatic heterocycles. The van der Waals surface area contributed by atoms with E-state index in [1.165, 1.54) is 0 Å². The Kier molecular flexibility index (Phi) is 5.24. The van der Waals surface area contributed by atoms with Crippen LogP contribution in [0.25, 0.3) is 0 Å². The molecule has 0 saturated carbocycles. The molecule has 0 heterocycles. The van der Waals surface area contributed by atoms with Crippen LogP contribution in [0.1, 0.15) is 0 Å². The molecule has 0 aliphatic rings. The average molecular weight is 272 g/mol. The van der Waals surface area contributed by atoms with Crippen LogP contribution in [0, 0.1) is 0 Å². The summed E-state index contributed by atoms with van der Waals surface area (Å²) >= 11 is 0. The fraction of sp³-hybridized carbons (Fsp3) is 0.455. The highest BCUT2D eigenvalue weighted by molar-refractivity contribution is 7.72. The van der Waals surface area contributed by atoms with E-state index in [0.717, 1.165) is 6.54 Å². The highest BCUT2D eigenvalue weighted by atomic mass is 32.2. The molecular weight excluding hydrogens is 252 g/mol. The van der Waals surface area contributed by atoms with E-state index in [-0.39, 0.29) is 5.88 Å². The van der Waals surface area contributed by atoms with E-state index < -0.39 is 10.7 Å². The lowest BCUT2D eigenvalue weighted by Gasteiger charge is -2.25. The molecule has 0 bridgehead atoms. The third kappa shape index (κ3) is 4.42. The molecule has 6 nitrogen and oxygen atoms in total. The minimum Gasteiger partial charge on any atom is -0.399 e. The monoisotopic (exact) mass is 272 g/mol. The van der Waals surface area contributed by atoms with Gasteiger partial charge in [-0.05, 0) is 32.3 Å². The van der Waals surface area contributed by atoms with Crippen LogP contribution in [0.4, 0.5) is 17.1 Å². The molecule has 0 amide bonds. The number of anilines is 3. The first-order valence-electron chi connectivity index (χ1n) is 5.56. The third-order valence-electron chi connectivity index (χ3n) is 2.50. The Bertz CT molecular complexity index is 466. The maximum Gasteiger partial charge on any atom is 0.158 e. The number of nitrogens with zero attached hydrogens (tertiary/aromatic N) is 2. The van der Waals surface area contributed by atoms with Gasteiger partial charge in [-0.2, -0.15) is 0 Å². The van der Waals surface area contributed by atoms with Crippen molar-refractivity contribution in [3.05, 3.63) is 18.2 Å². The summed E-state index contributed by atoms with van der Waals surface area (Å²) in [6, 6.07) is 5.10. The minimum atomic E-state index is -2.49. The fourth-order valence-corrected chi connectivity index (χ4v) is 2.16. The molecule has 18 heavy (non-hydrogen) atoms. The van der Waals surface area contributed by atoms with Gasteiger partial charge in [0.05, 0.1) is 11.4 Å². The van der Waals surface area contributed by atoms with E-state index in [0.29, 0.717) is 23.6 Å². The van der Waals surface area contributed by atoms with Crippen molar-refractivity contribution >= 4 is 27.8 Å². The summed E-state index contributed by atoms with van der Waals surface area (Å²) in [5, 5.41) is 0. The van der Waals surface area contributed by atoms with Gasteiger partial charge in [-0.25, -0.2) is 8.42 Å². The maximum absolute atomic E-state index is 10.9. The number of likely N-dealkylation sites (N-methyl/N-ethyl adjacent to an activating group) is 1. The SMILES string of the molecule is CN(C)CCN(C[SH](=O)=O)c1ccc(N)cc1N. The summed E-state index contributed by atoms with van der Waals surface area (Å²) < 4.78 is 21.8. The molecule has 1 aromatic rings. The second kappa shape index (κ2) is 6.46. The van der Waals surface area contributed by atoms with Crippen LogP contribution in [0.15, 0.2) is 18.2 Å². The molecule has 0 fully saturated rings. The Labute approximate surface area is 109 Å². The molecule has 0 saturated heterocycles. The normalized spacial score (nSPS) is 11.1. The fourth-order valence-electron chi connectivity index (χ4n) is 1.59. The zero-order chi connectivity index (χ0) is 13.7. The van der Waals surface area contributed by atoms with Gasteiger partial charge >= 0.3 is 0 Å². The standard InChI is InChI=1S/C11H20N4O2S/c1-14(2)5-6-15(8-18(16)17)11-4-3-9(12)7-10(11)13/h3-4,7,18H,5-6,8,12-13H2,1-2H3. The Hall–Kier alpha value is -1.47. The van der Waals surface area contributed by atoms with Crippen molar-refractivity contribution in [3.63, 3.8) is 0 Å². The number of thiol groups is 1. The lowest BCUT2D eigenvalue weighted by molar-refractivity contribution is 0.415. The molecular formula is C11H20N4O2S. The van der Waals surface area contributed by atoms with Gasteiger partial charge in [0.1, 0.15) is 5.88 Å². The van der Waals surface area contributed by atoms with Gasteiger partial charge in [0.25, 0.3) is 0 Å². The smallest absolute Gasteiger partial charge is 0.158 e. The van der Waals surface area contributed by atoms with Crippen molar-refractivity contribution in [1.82, 2.24) is 4.90 Å². The number of nitrogens with two attached hydrogens (primary N) is 2. The van der Waals surface area contributed by atoms with Gasteiger partial charge in [0.2, 0.25) is 0 Å². The van der Waals surface area contributed by atoms with Crippen LogP contribution in [-0.4, -0.2) is 46.4 Å². The molecule has 0 atom stereocenters. The zero-order valence-electron chi connectivity index (χ0n) is 10.7. The molecule has 4 N–H and O–H groups in total. The molecule has 0 spiro atoms. The largest absolute Gasteiger partial charge is 0.399 e. The topological polar surface area (TPSA) is 92.7 Å². The van der Waals surface area contributed by atoms with Crippen LogP contribution in [0.5, 0.6) is 0 Å². The first kappa shape index (κ1) is 14.6. The molecule has 1 rings (SSSR count). The summed E-state index contributed by atoms with van der Waals surface area (Å²) in [5.74, 6) is -0.0444. The van der Waals surface area contributed by atoms with Gasteiger partial charge < -0.3 is 21.3 Å². The van der Waals surface area contributed by atoms with Crippen LogP contribution < -0.4 is 16.4 Å². The van der Waals surface area contributed by atoms with Gasteiger partial charge in [-0.1, -0.05) is 0 Å². The van der Waals surface area contributed by atoms with Crippen molar-refractivity contribution in [2.45, 2.75) is 0 Å². The maximum atomic E-state index is 10.9. The summed E-state index contributed by atoms with van der Waals surface area (Å²) in [7, 11) is 1.37. The van der Waals surface area contributed by atoms with Crippen LogP contribution in [-0.2, 0) is 10.7 Å². The van der Waals surface area contributed by atoms with Crippen molar-refractivity contribution in [2.75, 3.05) is 49.4 Å². The first-order valence-corrected chi connectivity index (χ1v) is 6.93. The van der Waals surface area contributed by atoms with Gasteiger partial charge in [0, 0.05) is 18.8 Å². The van der Waals surface area contributed by atoms with Crippen molar-refractivity contribution in [3.8, 4) is 0 Å². The van der Waals surface area contributed by atoms with Crippen molar-refractivity contribution in [2.24, 2.45) is 0 Å². The summed E-state index contributed by atoms with van der Waals surface area (Å²) in [6.45, 7) is 1.33. The molecule has 0 radical (unpaired) electrons. The van der Waals surface area contributed by atoms with E-state index in [1.54, 1.807) is 23.1 Å². The molecule has 0 aromatic heterocycles. The van der Waals surface area contributed by atoms with Crippen LogP contribution in [0.3, 0.4) is 0 Å². The number of nitrogen functional groups attached to an aromatic ring is 2. The van der Waals surface area contributed by atoms with E-state index in [2.05, 4.69) is 0 Å². The lowest BCUT2D eigenvalue weighted by atomic mass is 10.2. The van der Waals surface area contributed by atoms with Gasteiger partial charge in [-0.3, -0.25) is 0 Å². The quantitative estimate of drug-likeness (QED) is 0.490. The average Bonchev–Trinajstić information content (AvgIpc) is 2.24. The Morgan fingerprint density at radius 1 is 1.17 bits per heavy atom. The number of hydrogen-bond acceptors (Lipinski definition) is 6. The highest BCUT2D eigenvalue weighted by Gasteiger charge is 2.11. The molecule has 0 unspecified atom stereocenters. The highest BCUT2D eigenvalue weighted by Crippen LogP contribution is 2.25. The van der Waals surface area contributed by atoms with E-state index in [9.17, 15) is 8.42 Å². The second-order valence-corrected chi connectivity index (χ2v) is 5.31. The Morgan fingerprint density at radius 3 is 2.33 bits per heavy atom. The molecule has 0 aliphatic carbocycles. The van der Waals surface area contributed by atoms with Crippen molar-refractivity contribution < 1.29 is 8.42 Å². The van der Waals surface area contributed by atoms with E-state index in [4.69, 9.17) is 11.5 Å². The predicted octanol–water partition coefficient (Wildman–Crippen LogP) is -0.212. The van der Waals surface area contributed by atoms with Crippen molar-refractivity contribution in [1.29, 1.82) is 0 Å². The molecule has 7 heteroatoms. The Balaban J connectivity index is 2.93. The third-order valence-corrected chi connectivity index (χ3v) is 3.07. The van der Waals surface area contributed by atoms with E-state index in [1.807, 2.05) is 19.0 Å². The second-order valence-electron chi connectivity index (χ2n) is 4.36. The summed E-state index contributed by atoms with van der Waals surface area (Å²) in [6.07, 6.45) is 0. The zero-order valence-corrected chi connectivity index (χ0v) is 11.6. The predicted molar refractivity (Wildman–Crippen MR) is 76.3 cm³/mol. The van der Waals surface area contributed by atoms with Crippen LogP contribution in [0.2, 0.25) is 0 Å². The van der Waals surface area contributed by atoms with Crippen LogP contribution >= 0.6 is 0 Å². The molecule has 102 valence electrons. The summed E-state index contributed by atoms with van der Waals surface area (Å²) in [5.41, 5.74) is 13.3. The number of rotatable bonds is 6. The Morgan fingerprint density at radius 2 is 1.83 bits per heavy atom. The summed E-state index contributed by atoms with van der Waals surface area (Å²) in [4.78, 5) is 3.72. The number of benzene rings is 1. The van der Waals surface area contributed by atoms with Gasteiger partial charge in [-0.15, -0.1) is 0 Å². The first-order chi connectivity index (χ1) is 8.40. The van der Waals surface area contributed by atoms with E-state index >= 15 is 0 Å². The van der Waals surface area contributed by atoms with Gasteiger partial charge in [0.15, 0.2) is 10.7 Å². The molecule has 1 aromatic carbocycles. The lowest BCUT2D eigenvalue weighted by Crippen LogP contribution is -2.33.